The molecule has 224 valence electrons. The van der Waals surface area contributed by atoms with E-state index in [0.29, 0.717) is 31.2 Å². The maximum Gasteiger partial charge on any atom is 0.342 e. The number of phenolic OH excluding ortho intramolecular Hbond substituents is 1. The van der Waals surface area contributed by atoms with Crippen molar-refractivity contribution in [3.05, 3.63) is 52.6 Å². The maximum absolute atomic E-state index is 13.2. The summed E-state index contributed by atoms with van der Waals surface area (Å²) in [6, 6.07) is 7.22. The highest BCUT2D eigenvalue weighted by Crippen LogP contribution is 2.35. The number of hydrogen-bond donors (Lipinski definition) is 1. The van der Waals surface area contributed by atoms with Gasteiger partial charge in [-0.05, 0) is 49.4 Å². The SMILES string of the molecule is CCCCOC(=O)c1ccc(-c2ccc(C(=O)OCCCC)c(O)c2C(=O)OCCCC)cc1C(=O)OCCCC. The van der Waals surface area contributed by atoms with Gasteiger partial charge in [0.2, 0.25) is 0 Å². The van der Waals surface area contributed by atoms with Crippen molar-refractivity contribution in [3.8, 4) is 16.9 Å². The molecule has 2 aromatic rings. The summed E-state index contributed by atoms with van der Waals surface area (Å²) in [6.07, 6.45) is 5.85. The molecule has 0 spiro atoms. The van der Waals surface area contributed by atoms with Crippen molar-refractivity contribution >= 4 is 23.9 Å². The van der Waals surface area contributed by atoms with E-state index in [1.807, 2.05) is 27.7 Å². The van der Waals surface area contributed by atoms with Crippen LogP contribution >= 0.6 is 0 Å². The Bertz CT molecular complexity index is 1190. The first-order valence-electron chi connectivity index (χ1n) is 14.5. The average Bonchev–Trinajstić information content (AvgIpc) is 2.96. The Morgan fingerprint density at radius 1 is 0.561 bits per heavy atom. The zero-order valence-electron chi connectivity index (χ0n) is 24.6. The fourth-order valence-corrected chi connectivity index (χ4v) is 3.80. The number of phenols is 1. The van der Waals surface area contributed by atoms with Gasteiger partial charge in [0.25, 0.3) is 0 Å². The lowest BCUT2D eigenvalue weighted by Gasteiger charge is -2.16. The van der Waals surface area contributed by atoms with Crippen LogP contribution in [0.25, 0.3) is 11.1 Å². The van der Waals surface area contributed by atoms with Crippen LogP contribution in [-0.4, -0.2) is 55.4 Å². The van der Waals surface area contributed by atoms with Crippen molar-refractivity contribution in [1.29, 1.82) is 0 Å². The van der Waals surface area contributed by atoms with Gasteiger partial charge in [-0.3, -0.25) is 0 Å². The van der Waals surface area contributed by atoms with Crippen molar-refractivity contribution in [1.82, 2.24) is 0 Å². The highest BCUT2D eigenvalue weighted by Gasteiger charge is 2.27. The summed E-state index contributed by atoms with van der Waals surface area (Å²) in [5, 5.41) is 11.1. The van der Waals surface area contributed by atoms with Gasteiger partial charge in [-0.1, -0.05) is 65.5 Å². The first-order chi connectivity index (χ1) is 19.8. The predicted molar refractivity (Wildman–Crippen MR) is 154 cm³/mol. The third-order valence-corrected chi connectivity index (χ3v) is 6.30. The molecule has 0 aromatic heterocycles. The summed E-state index contributed by atoms with van der Waals surface area (Å²) in [7, 11) is 0. The summed E-state index contributed by atoms with van der Waals surface area (Å²) in [5.74, 6) is -3.56. The molecule has 2 rings (SSSR count). The molecule has 1 N–H and O–H groups in total. The Morgan fingerprint density at radius 2 is 0.976 bits per heavy atom. The molecular formula is C32H42O9. The van der Waals surface area contributed by atoms with Gasteiger partial charge in [0, 0.05) is 5.56 Å². The van der Waals surface area contributed by atoms with Crippen molar-refractivity contribution < 1.29 is 43.2 Å². The lowest BCUT2D eigenvalue weighted by molar-refractivity contribution is 0.0452. The second kappa shape index (κ2) is 17.7. The number of esters is 4. The molecule has 0 bridgehead atoms. The third-order valence-electron chi connectivity index (χ3n) is 6.30. The quantitative estimate of drug-likeness (QED) is 0.123. The van der Waals surface area contributed by atoms with E-state index in [2.05, 4.69) is 0 Å². The molecule has 2 aromatic carbocycles. The zero-order chi connectivity index (χ0) is 30.2. The molecule has 0 saturated carbocycles. The van der Waals surface area contributed by atoms with Crippen molar-refractivity contribution in [3.63, 3.8) is 0 Å². The van der Waals surface area contributed by atoms with Crippen LogP contribution in [0.15, 0.2) is 30.3 Å². The highest BCUT2D eigenvalue weighted by atomic mass is 16.5. The van der Waals surface area contributed by atoms with Gasteiger partial charge in [-0.2, -0.15) is 0 Å². The Morgan fingerprint density at radius 3 is 1.46 bits per heavy atom. The minimum Gasteiger partial charge on any atom is -0.506 e. The number of carbonyl (C=O) groups is 4. The predicted octanol–water partition coefficient (Wildman–Crippen LogP) is 6.89. The van der Waals surface area contributed by atoms with E-state index in [4.69, 9.17) is 18.9 Å². The number of carbonyl (C=O) groups excluding carboxylic acids is 4. The Balaban J connectivity index is 2.61. The van der Waals surface area contributed by atoms with Gasteiger partial charge in [-0.15, -0.1) is 0 Å². The summed E-state index contributed by atoms with van der Waals surface area (Å²) >= 11 is 0. The van der Waals surface area contributed by atoms with E-state index in [1.54, 1.807) is 0 Å². The molecule has 0 saturated heterocycles. The Kier molecular flexibility index (Phi) is 14.4. The zero-order valence-corrected chi connectivity index (χ0v) is 24.6. The number of ether oxygens (including phenoxy) is 4. The smallest absolute Gasteiger partial charge is 0.342 e. The molecule has 0 fully saturated rings. The molecule has 9 heteroatoms. The summed E-state index contributed by atoms with van der Waals surface area (Å²) in [5.41, 5.74) is 0.118. The van der Waals surface area contributed by atoms with E-state index < -0.39 is 29.6 Å². The molecule has 0 unspecified atom stereocenters. The fourth-order valence-electron chi connectivity index (χ4n) is 3.80. The molecule has 0 aliphatic carbocycles. The molecule has 0 radical (unpaired) electrons. The first-order valence-corrected chi connectivity index (χ1v) is 14.5. The number of unbranched alkanes of at least 4 members (excludes halogenated alkanes) is 4. The molecule has 9 nitrogen and oxygen atoms in total. The monoisotopic (exact) mass is 570 g/mol. The largest absolute Gasteiger partial charge is 0.506 e. The first kappa shape index (κ1) is 33.3. The lowest BCUT2D eigenvalue weighted by Crippen LogP contribution is -2.16. The Labute approximate surface area is 242 Å². The van der Waals surface area contributed by atoms with E-state index in [0.717, 1.165) is 25.7 Å². The van der Waals surface area contributed by atoms with E-state index in [-0.39, 0.29) is 54.2 Å². The van der Waals surface area contributed by atoms with Crippen LogP contribution in [0.2, 0.25) is 0 Å². The lowest BCUT2D eigenvalue weighted by atomic mass is 9.93. The van der Waals surface area contributed by atoms with Gasteiger partial charge in [0.05, 0.1) is 37.6 Å². The molecular weight excluding hydrogens is 528 g/mol. The number of aromatic hydroxyl groups is 1. The third kappa shape index (κ3) is 9.62. The van der Waals surface area contributed by atoms with Crippen LogP contribution in [0, 0.1) is 0 Å². The standard InChI is InChI=1S/C32H42O9/c1-5-9-17-38-29(34)24-14-13-22(21-26(24)31(36)40-19-11-7-3)23-15-16-25(30(35)39-18-10-6-2)28(33)27(23)32(37)41-20-12-8-4/h13-16,21,33H,5-12,17-20H2,1-4H3. The van der Waals surface area contributed by atoms with Crippen LogP contribution in [0.1, 0.15) is 120 Å². The summed E-state index contributed by atoms with van der Waals surface area (Å²) in [4.78, 5) is 51.7. The number of hydrogen-bond acceptors (Lipinski definition) is 9. The molecule has 41 heavy (non-hydrogen) atoms. The normalized spacial score (nSPS) is 10.6. The summed E-state index contributed by atoms with van der Waals surface area (Å²) in [6.45, 7) is 8.50. The highest BCUT2D eigenvalue weighted by molar-refractivity contribution is 6.07. The van der Waals surface area contributed by atoms with E-state index >= 15 is 0 Å². The summed E-state index contributed by atoms with van der Waals surface area (Å²) < 4.78 is 21.4. The van der Waals surface area contributed by atoms with Gasteiger partial charge in [-0.25, -0.2) is 19.2 Å². The number of rotatable bonds is 17. The van der Waals surface area contributed by atoms with Crippen molar-refractivity contribution in [2.75, 3.05) is 26.4 Å². The maximum atomic E-state index is 13.2. The Hall–Kier alpha value is -3.88. The van der Waals surface area contributed by atoms with Crippen LogP contribution in [0.5, 0.6) is 5.75 Å². The van der Waals surface area contributed by atoms with Gasteiger partial charge in [0.1, 0.15) is 16.9 Å². The van der Waals surface area contributed by atoms with Crippen LogP contribution in [-0.2, 0) is 18.9 Å². The topological polar surface area (TPSA) is 125 Å². The van der Waals surface area contributed by atoms with Gasteiger partial charge < -0.3 is 24.1 Å². The van der Waals surface area contributed by atoms with Crippen molar-refractivity contribution in [2.45, 2.75) is 79.1 Å². The molecule has 0 heterocycles. The second-order valence-corrected chi connectivity index (χ2v) is 9.60. The van der Waals surface area contributed by atoms with Crippen LogP contribution in [0.4, 0.5) is 0 Å². The van der Waals surface area contributed by atoms with Gasteiger partial charge >= 0.3 is 23.9 Å². The molecule has 0 atom stereocenters. The van der Waals surface area contributed by atoms with Gasteiger partial charge in [0.15, 0.2) is 0 Å². The number of benzene rings is 2. The van der Waals surface area contributed by atoms with E-state index in [1.165, 1.54) is 30.3 Å². The minimum absolute atomic E-state index is 0.0266. The van der Waals surface area contributed by atoms with Crippen LogP contribution in [0.3, 0.4) is 0 Å². The van der Waals surface area contributed by atoms with E-state index in [9.17, 15) is 24.3 Å². The molecule has 0 aliphatic rings. The average molecular weight is 571 g/mol. The molecule has 0 amide bonds. The van der Waals surface area contributed by atoms with Crippen LogP contribution < -0.4 is 0 Å². The van der Waals surface area contributed by atoms with Crippen molar-refractivity contribution in [2.24, 2.45) is 0 Å². The molecule has 0 aliphatic heterocycles. The second-order valence-electron chi connectivity index (χ2n) is 9.60. The fraction of sp³-hybridized carbons (Fsp3) is 0.500. The minimum atomic E-state index is -0.829.